The average molecular weight is 632 g/mol. The first-order valence-corrected chi connectivity index (χ1v) is 16.6. The number of thioether (sulfide) groups is 1. The quantitative estimate of drug-likeness (QED) is 0.177. The van der Waals surface area contributed by atoms with Gasteiger partial charge in [-0.3, -0.25) is 14.4 Å². The second-order valence-corrected chi connectivity index (χ2v) is 11.8. The smallest absolute Gasteiger partial charge is 0.253 e. The Bertz CT molecular complexity index is 1410. The highest BCUT2D eigenvalue weighted by Crippen LogP contribution is 2.17. The van der Waals surface area contributed by atoms with Gasteiger partial charge in [-0.2, -0.15) is 0 Å². The van der Waals surface area contributed by atoms with Gasteiger partial charge in [-0.1, -0.05) is 68.5 Å². The SMILES string of the molecule is CCCN(CCC)C(=O)c1cc(C)cc(C(=O)N[C@@H](Cc2ccccc2)[C@@H](O)[C@H](O)[C@@H](/C=C/SC)NC(=O)c2ccccc2)c1. The van der Waals surface area contributed by atoms with E-state index in [0.717, 1.165) is 24.0 Å². The average Bonchev–Trinajstić information content (AvgIpc) is 3.05. The topological polar surface area (TPSA) is 119 Å². The van der Waals surface area contributed by atoms with Gasteiger partial charge < -0.3 is 25.7 Å². The van der Waals surface area contributed by atoms with E-state index in [1.807, 2.05) is 57.4 Å². The van der Waals surface area contributed by atoms with E-state index in [9.17, 15) is 24.6 Å². The fourth-order valence-electron chi connectivity index (χ4n) is 5.14. The largest absolute Gasteiger partial charge is 0.388 e. The number of carbonyl (C=O) groups excluding carboxylic acids is 3. The van der Waals surface area contributed by atoms with E-state index in [1.54, 1.807) is 64.9 Å². The van der Waals surface area contributed by atoms with Crippen molar-refractivity contribution in [2.24, 2.45) is 0 Å². The summed E-state index contributed by atoms with van der Waals surface area (Å²) in [6, 6.07) is 21.1. The van der Waals surface area contributed by atoms with Gasteiger partial charge in [-0.15, -0.1) is 11.8 Å². The molecule has 4 N–H and O–H groups in total. The van der Waals surface area contributed by atoms with Gasteiger partial charge in [0.2, 0.25) is 0 Å². The van der Waals surface area contributed by atoms with Gasteiger partial charge in [0.05, 0.1) is 12.1 Å². The van der Waals surface area contributed by atoms with Crippen molar-refractivity contribution in [3.63, 3.8) is 0 Å². The van der Waals surface area contributed by atoms with Gasteiger partial charge >= 0.3 is 0 Å². The van der Waals surface area contributed by atoms with Crippen molar-refractivity contribution >= 4 is 29.5 Å². The van der Waals surface area contributed by atoms with Crippen molar-refractivity contribution in [1.82, 2.24) is 15.5 Å². The number of nitrogens with one attached hydrogen (secondary N) is 2. The van der Waals surface area contributed by atoms with Crippen LogP contribution in [0.4, 0.5) is 0 Å². The van der Waals surface area contributed by atoms with E-state index in [0.29, 0.717) is 24.2 Å². The van der Waals surface area contributed by atoms with Crippen LogP contribution in [0.25, 0.3) is 0 Å². The first kappa shape index (κ1) is 35.6. The number of hydrogen-bond donors (Lipinski definition) is 4. The Balaban J connectivity index is 1.90. The maximum absolute atomic E-state index is 13.7. The molecule has 8 nitrogen and oxygen atoms in total. The lowest BCUT2D eigenvalue weighted by Crippen LogP contribution is -2.56. The summed E-state index contributed by atoms with van der Waals surface area (Å²) in [5.41, 5.74) is 2.71. The highest BCUT2D eigenvalue weighted by molar-refractivity contribution is 8.01. The highest BCUT2D eigenvalue weighted by atomic mass is 32.2. The van der Waals surface area contributed by atoms with E-state index in [2.05, 4.69) is 10.6 Å². The Labute approximate surface area is 270 Å². The third kappa shape index (κ3) is 10.6. The van der Waals surface area contributed by atoms with E-state index < -0.39 is 36.1 Å². The van der Waals surface area contributed by atoms with Crippen molar-refractivity contribution in [3.8, 4) is 0 Å². The summed E-state index contributed by atoms with van der Waals surface area (Å²) in [6.45, 7) is 7.12. The fraction of sp³-hybridized carbons (Fsp3) is 0.361. The molecule has 0 saturated heterocycles. The molecule has 0 aromatic heterocycles. The molecule has 3 aromatic carbocycles. The summed E-state index contributed by atoms with van der Waals surface area (Å²) in [5, 5.41) is 30.4. The molecule has 45 heavy (non-hydrogen) atoms. The molecule has 0 bridgehead atoms. The second kappa shape index (κ2) is 18.1. The Morgan fingerprint density at radius 3 is 1.98 bits per heavy atom. The van der Waals surface area contributed by atoms with Gasteiger partial charge in [0.25, 0.3) is 17.7 Å². The van der Waals surface area contributed by atoms with Crippen LogP contribution in [-0.4, -0.2) is 76.5 Å². The number of aliphatic hydroxyl groups is 2. The number of aryl methyl sites for hydroxylation is 1. The molecule has 0 heterocycles. The predicted octanol–water partition coefficient (Wildman–Crippen LogP) is 5.00. The van der Waals surface area contributed by atoms with Gasteiger partial charge in [0.1, 0.15) is 12.2 Å². The summed E-state index contributed by atoms with van der Waals surface area (Å²) in [7, 11) is 0. The van der Waals surface area contributed by atoms with Crippen LogP contribution in [0.2, 0.25) is 0 Å². The molecule has 0 spiro atoms. The van der Waals surface area contributed by atoms with Gasteiger partial charge in [0, 0.05) is 29.8 Å². The lowest BCUT2D eigenvalue weighted by Gasteiger charge is -2.32. The second-order valence-electron chi connectivity index (χ2n) is 11.1. The number of rotatable bonds is 16. The minimum Gasteiger partial charge on any atom is -0.388 e. The van der Waals surface area contributed by atoms with Crippen molar-refractivity contribution in [2.45, 2.75) is 64.3 Å². The minimum atomic E-state index is -1.46. The van der Waals surface area contributed by atoms with Crippen LogP contribution < -0.4 is 10.6 Å². The number of hydrogen-bond acceptors (Lipinski definition) is 6. The van der Waals surface area contributed by atoms with Crippen LogP contribution in [0.1, 0.15) is 68.9 Å². The molecule has 9 heteroatoms. The van der Waals surface area contributed by atoms with E-state index in [-0.39, 0.29) is 17.9 Å². The van der Waals surface area contributed by atoms with E-state index >= 15 is 0 Å². The molecule has 0 aliphatic rings. The number of amides is 3. The summed E-state index contributed by atoms with van der Waals surface area (Å²) in [6.07, 6.45) is 2.42. The molecule has 0 unspecified atom stereocenters. The Morgan fingerprint density at radius 2 is 1.38 bits per heavy atom. The minimum absolute atomic E-state index is 0.134. The first-order valence-electron chi connectivity index (χ1n) is 15.4. The monoisotopic (exact) mass is 631 g/mol. The molecule has 0 aliphatic heterocycles. The Kier molecular flexibility index (Phi) is 14.3. The maximum atomic E-state index is 13.7. The molecule has 240 valence electrons. The number of aliphatic hydroxyl groups excluding tert-OH is 2. The van der Waals surface area contributed by atoms with Gasteiger partial charge in [0.15, 0.2) is 0 Å². The normalized spacial score (nSPS) is 13.9. The molecule has 0 radical (unpaired) electrons. The summed E-state index contributed by atoms with van der Waals surface area (Å²) < 4.78 is 0. The van der Waals surface area contributed by atoms with Crippen molar-refractivity contribution in [3.05, 3.63) is 118 Å². The summed E-state index contributed by atoms with van der Waals surface area (Å²) in [5.74, 6) is -1.02. The van der Waals surface area contributed by atoms with Crippen LogP contribution in [0.5, 0.6) is 0 Å². The number of carbonyl (C=O) groups is 3. The predicted molar refractivity (Wildman–Crippen MR) is 181 cm³/mol. The van der Waals surface area contributed by atoms with Crippen LogP contribution >= 0.6 is 11.8 Å². The van der Waals surface area contributed by atoms with Crippen LogP contribution in [0, 0.1) is 6.92 Å². The van der Waals surface area contributed by atoms with Crippen molar-refractivity contribution < 1.29 is 24.6 Å². The Hall–Kier alpha value is -3.92. The molecular weight excluding hydrogens is 586 g/mol. The zero-order chi connectivity index (χ0) is 32.8. The molecule has 3 rings (SSSR count). The molecule has 4 atom stereocenters. The molecule has 0 saturated carbocycles. The zero-order valence-corrected chi connectivity index (χ0v) is 27.3. The van der Waals surface area contributed by atoms with Gasteiger partial charge in [-0.05, 0) is 79.3 Å². The standard InChI is InChI=1S/C36H45N3O5S/c1-5-18-39(19-6-2)36(44)29-22-25(3)21-28(24-29)35(43)38-31(23-26-13-9-7-10-14-26)33(41)32(40)30(17-20-45-4)37-34(42)27-15-11-8-12-16-27/h7-17,20-22,24,30-33,40-41H,5-6,18-19,23H2,1-4H3,(H,37,42)(H,38,43)/b20-17+/t30-,31+,32-,33-/m1/s1. The summed E-state index contributed by atoms with van der Waals surface area (Å²) in [4.78, 5) is 41.8. The lowest BCUT2D eigenvalue weighted by atomic mass is 9.93. The Morgan fingerprint density at radius 1 is 0.800 bits per heavy atom. The molecule has 0 fully saturated rings. The molecule has 3 amide bonds. The van der Waals surface area contributed by atoms with Crippen molar-refractivity contribution in [2.75, 3.05) is 19.3 Å². The maximum Gasteiger partial charge on any atom is 0.253 e. The highest BCUT2D eigenvalue weighted by Gasteiger charge is 2.34. The van der Waals surface area contributed by atoms with Crippen LogP contribution in [-0.2, 0) is 6.42 Å². The number of nitrogens with zero attached hydrogens (tertiary/aromatic N) is 1. The summed E-state index contributed by atoms with van der Waals surface area (Å²) >= 11 is 1.39. The molecule has 3 aromatic rings. The van der Waals surface area contributed by atoms with Crippen LogP contribution in [0.15, 0.2) is 90.3 Å². The molecular formula is C36H45N3O5S. The third-order valence-electron chi connectivity index (χ3n) is 7.36. The van der Waals surface area contributed by atoms with Crippen molar-refractivity contribution in [1.29, 1.82) is 0 Å². The lowest BCUT2D eigenvalue weighted by molar-refractivity contribution is -0.0139. The molecule has 0 aliphatic carbocycles. The zero-order valence-electron chi connectivity index (χ0n) is 26.5. The van der Waals surface area contributed by atoms with E-state index in [4.69, 9.17) is 0 Å². The van der Waals surface area contributed by atoms with E-state index in [1.165, 1.54) is 11.8 Å². The number of benzene rings is 3. The van der Waals surface area contributed by atoms with Gasteiger partial charge in [-0.25, -0.2) is 0 Å². The fourth-order valence-corrected chi connectivity index (χ4v) is 5.46. The third-order valence-corrected chi connectivity index (χ3v) is 7.79. The van der Waals surface area contributed by atoms with Crippen LogP contribution in [0.3, 0.4) is 0 Å². The first-order chi connectivity index (χ1) is 21.7.